The van der Waals surface area contributed by atoms with Gasteiger partial charge in [0.25, 0.3) is 0 Å². The molecule has 0 aliphatic carbocycles. The van der Waals surface area contributed by atoms with Crippen LogP contribution in [0, 0.1) is 11.3 Å². The topological polar surface area (TPSA) is 67.2 Å². The van der Waals surface area contributed by atoms with Crippen LogP contribution in [0.1, 0.15) is 17.2 Å². The van der Waals surface area contributed by atoms with Gasteiger partial charge in [0.2, 0.25) is 0 Å². The Hall–Kier alpha value is -2.81. The van der Waals surface area contributed by atoms with E-state index >= 15 is 0 Å². The lowest BCUT2D eigenvalue weighted by atomic mass is 10.1. The van der Waals surface area contributed by atoms with E-state index in [0.717, 1.165) is 10.9 Å². The van der Waals surface area contributed by atoms with E-state index in [9.17, 15) is 5.26 Å². The van der Waals surface area contributed by atoms with Gasteiger partial charge in [0.1, 0.15) is 28.2 Å². The zero-order chi connectivity index (χ0) is 18.5. The van der Waals surface area contributed by atoms with Crippen LogP contribution in [0.25, 0.3) is 10.9 Å². The summed E-state index contributed by atoms with van der Waals surface area (Å²) in [6, 6.07) is 16.9. The number of pyridine rings is 1. The van der Waals surface area contributed by atoms with Crippen molar-refractivity contribution in [3.8, 4) is 17.6 Å². The maximum atomic E-state index is 9.63. The van der Waals surface area contributed by atoms with Gasteiger partial charge < -0.3 is 9.47 Å². The quantitative estimate of drug-likeness (QED) is 0.659. The molecule has 1 heterocycles. The SMILES string of the molecule is COc1ccc(OC)c2nc(Cl)c(C(C#N)NCc3ccccc3)cc12. The van der Waals surface area contributed by atoms with Gasteiger partial charge in [0.15, 0.2) is 0 Å². The first-order valence-corrected chi connectivity index (χ1v) is 8.43. The van der Waals surface area contributed by atoms with Crippen LogP contribution in [0.15, 0.2) is 48.5 Å². The van der Waals surface area contributed by atoms with E-state index in [4.69, 9.17) is 21.1 Å². The van der Waals surface area contributed by atoms with Gasteiger partial charge in [-0.1, -0.05) is 41.9 Å². The molecule has 1 atom stereocenters. The van der Waals surface area contributed by atoms with E-state index in [0.29, 0.717) is 29.1 Å². The highest BCUT2D eigenvalue weighted by molar-refractivity contribution is 6.30. The molecule has 0 saturated heterocycles. The summed E-state index contributed by atoms with van der Waals surface area (Å²) >= 11 is 6.38. The Morgan fingerprint density at radius 2 is 1.81 bits per heavy atom. The van der Waals surface area contributed by atoms with Crippen LogP contribution in [0.3, 0.4) is 0 Å². The van der Waals surface area contributed by atoms with Crippen molar-refractivity contribution in [3.63, 3.8) is 0 Å². The molecule has 1 unspecified atom stereocenters. The lowest BCUT2D eigenvalue weighted by Gasteiger charge is -2.16. The summed E-state index contributed by atoms with van der Waals surface area (Å²) in [7, 11) is 3.16. The van der Waals surface area contributed by atoms with Crippen molar-refractivity contribution in [1.82, 2.24) is 10.3 Å². The Morgan fingerprint density at radius 1 is 1.12 bits per heavy atom. The number of benzene rings is 2. The van der Waals surface area contributed by atoms with Gasteiger partial charge in [-0.05, 0) is 23.8 Å². The molecular weight excluding hydrogens is 350 g/mol. The van der Waals surface area contributed by atoms with Gasteiger partial charge in [-0.3, -0.25) is 5.32 Å². The summed E-state index contributed by atoms with van der Waals surface area (Å²) < 4.78 is 10.8. The Bertz CT molecular complexity index is 955. The van der Waals surface area contributed by atoms with Gasteiger partial charge in [-0.2, -0.15) is 5.26 Å². The van der Waals surface area contributed by atoms with Gasteiger partial charge in [-0.25, -0.2) is 4.98 Å². The first kappa shape index (κ1) is 18.0. The summed E-state index contributed by atoms with van der Waals surface area (Å²) in [5, 5.41) is 13.8. The summed E-state index contributed by atoms with van der Waals surface area (Å²) in [6.45, 7) is 0.544. The highest BCUT2D eigenvalue weighted by atomic mass is 35.5. The normalized spacial score (nSPS) is 11.8. The van der Waals surface area contributed by atoms with Gasteiger partial charge >= 0.3 is 0 Å². The highest BCUT2D eigenvalue weighted by Gasteiger charge is 2.19. The van der Waals surface area contributed by atoms with Crippen LogP contribution in [0.4, 0.5) is 0 Å². The molecule has 3 aromatic rings. The van der Waals surface area contributed by atoms with Crippen molar-refractivity contribution < 1.29 is 9.47 Å². The maximum absolute atomic E-state index is 9.63. The second-order valence-electron chi connectivity index (χ2n) is 5.66. The number of nitrogens with one attached hydrogen (secondary N) is 1. The summed E-state index contributed by atoms with van der Waals surface area (Å²) in [6.07, 6.45) is 0. The van der Waals surface area contributed by atoms with Crippen LogP contribution in [-0.4, -0.2) is 19.2 Å². The van der Waals surface area contributed by atoms with Gasteiger partial charge in [0, 0.05) is 17.5 Å². The minimum Gasteiger partial charge on any atom is -0.496 e. The minimum absolute atomic E-state index is 0.260. The Kier molecular flexibility index (Phi) is 5.57. The Morgan fingerprint density at radius 3 is 2.46 bits per heavy atom. The number of halogens is 1. The van der Waals surface area contributed by atoms with Crippen molar-refractivity contribution in [3.05, 3.63) is 64.8 Å². The fourth-order valence-corrected chi connectivity index (χ4v) is 3.04. The average Bonchev–Trinajstić information content (AvgIpc) is 2.68. The summed E-state index contributed by atoms with van der Waals surface area (Å²) in [5.41, 5.74) is 2.28. The third kappa shape index (κ3) is 3.57. The number of ether oxygens (including phenoxy) is 2. The summed E-state index contributed by atoms with van der Waals surface area (Å²) in [4.78, 5) is 4.45. The second kappa shape index (κ2) is 8.05. The molecular formula is C20H18ClN3O2. The lowest BCUT2D eigenvalue weighted by Crippen LogP contribution is -2.20. The van der Waals surface area contributed by atoms with E-state index in [2.05, 4.69) is 16.4 Å². The number of rotatable bonds is 6. The molecule has 26 heavy (non-hydrogen) atoms. The number of methoxy groups -OCH3 is 2. The third-order valence-electron chi connectivity index (χ3n) is 4.12. The molecule has 0 aliphatic rings. The van der Waals surface area contributed by atoms with Crippen LogP contribution in [0.5, 0.6) is 11.5 Å². The standard InChI is InChI=1S/C20H18ClN3O2/c1-25-17-8-9-18(26-2)19-15(17)10-14(20(21)24-19)16(11-22)23-12-13-6-4-3-5-7-13/h3-10,16,23H,12H2,1-2H3. The average molecular weight is 368 g/mol. The predicted octanol–water partition coefficient (Wildman–Crippen LogP) is 4.26. The van der Waals surface area contributed by atoms with E-state index in [1.807, 2.05) is 36.4 Å². The molecule has 0 saturated carbocycles. The molecule has 0 amide bonds. The number of aromatic nitrogens is 1. The van der Waals surface area contributed by atoms with Gasteiger partial charge in [-0.15, -0.1) is 0 Å². The van der Waals surface area contributed by atoms with E-state index in [1.165, 1.54) is 0 Å². The molecule has 3 rings (SSSR count). The van der Waals surface area contributed by atoms with Crippen LogP contribution < -0.4 is 14.8 Å². The molecule has 1 N–H and O–H groups in total. The van der Waals surface area contributed by atoms with Crippen molar-refractivity contribution in [2.45, 2.75) is 12.6 Å². The first-order valence-electron chi connectivity index (χ1n) is 8.06. The van der Waals surface area contributed by atoms with Crippen LogP contribution >= 0.6 is 11.6 Å². The van der Waals surface area contributed by atoms with Crippen molar-refractivity contribution in [2.75, 3.05) is 14.2 Å². The second-order valence-corrected chi connectivity index (χ2v) is 6.02. The van der Waals surface area contributed by atoms with Crippen molar-refractivity contribution in [1.29, 1.82) is 5.26 Å². The fourth-order valence-electron chi connectivity index (χ4n) is 2.79. The molecule has 0 bridgehead atoms. The lowest BCUT2D eigenvalue weighted by molar-refractivity contribution is 0.409. The first-order chi connectivity index (χ1) is 12.7. The predicted molar refractivity (Wildman–Crippen MR) is 101 cm³/mol. The van der Waals surface area contributed by atoms with Gasteiger partial charge in [0.05, 0.1) is 20.3 Å². The largest absolute Gasteiger partial charge is 0.496 e. The van der Waals surface area contributed by atoms with Crippen molar-refractivity contribution >= 4 is 22.5 Å². The van der Waals surface area contributed by atoms with E-state index < -0.39 is 6.04 Å². The minimum atomic E-state index is -0.601. The zero-order valence-corrected chi connectivity index (χ0v) is 15.2. The number of hydrogen-bond acceptors (Lipinski definition) is 5. The molecule has 0 aliphatic heterocycles. The molecule has 0 radical (unpaired) electrons. The smallest absolute Gasteiger partial charge is 0.145 e. The zero-order valence-electron chi connectivity index (χ0n) is 14.5. The maximum Gasteiger partial charge on any atom is 0.145 e. The van der Waals surface area contributed by atoms with E-state index in [1.54, 1.807) is 26.4 Å². The molecule has 2 aromatic carbocycles. The number of hydrogen-bond donors (Lipinski definition) is 1. The van der Waals surface area contributed by atoms with Crippen LogP contribution in [-0.2, 0) is 6.54 Å². The molecule has 0 spiro atoms. The third-order valence-corrected chi connectivity index (χ3v) is 4.42. The van der Waals surface area contributed by atoms with Crippen molar-refractivity contribution in [2.24, 2.45) is 0 Å². The Labute approximate surface area is 157 Å². The fraction of sp³-hybridized carbons (Fsp3) is 0.200. The molecule has 0 fully saturated rings. The molecule has 132 valence electrons. The monoisotopic (exact) mass is 367 g/mol. The molecule has 6 heteroatoms. The summed E-state index contributed by atoms with van der Waals surface area (Å²) in [5.74, 6) is 1.24. The molecule has 5 nitrogen and oxygen atoms in total. The van der Waals surface area contributed by atoms with E-state index in [-0.39, 0.29) is 5.15 Å². The number of nitriles is 1. The molecule has 1 aromatic heterocycles. The highest BCUT2D eigenvalue weighted by Crippen LogP contribution is 2.35. The number of nitrogens with zero attached hydrogens (tertiary/aromatic N) is 2. The van der Waals surface area contributed by atoms with Crippen LogP contribution in [0.2, 0.25) is 5.15 Å². The number of fused-ring (bicyclic) bond motifs is 1. The Balaban J connectivity index is 2.00.